The van der Waals surface area contributed by atoms with Crippen LogP contribution < -0.4 is 5.56 Å². The highest BCUT2D eigenvalue weighted by Crippen LogP contribution is 2.25. The lowest BCUT2D eigenvalue weighted by molar-refractivity contribution is -0.146. The van der Waals surface area contributed by atoms with E-state index in [2.05, 4.69) is 0 Å². The second kappa shape index (κ2) is 12.0. The van der Waals surface area contributed by atoms with Gasteiger partial charge in [-0.05, 0) is 57.5 Å². The standard InChI is InChI=1S/C27H32ClN3O4/c1-5-7-16-30(24(32)14-15-25(33)35-6-2)19(4)26-29-23-17-20(28)10-13-22(23)27(34)31(26)21-11-8-18(3)9-12-21/h8-13,17,19H,5-7,14-16H2,1-4H3. The molecule has 0 radical (unpaired) electrons. The summed E-state index contributed by atoms with van der Waals surface area (Å²) in [6.07, 6.45) is 1.71. The molecule has 0 saturated heterocycles. The molecule has 2 aromatic carbocycles. The SMILES string of the molecule is CCCCN(C(=O)CCC(=O)OCC)C(C)c1nc2cc(Cl)ccc2c(=O)n1-c1ccc(C)cc1. The first-order chi connectivity index (χ1) is 16.8. The van der Waals surface area contributed by atoms with Crippen molar-refractivity contribution < 1.29 is 14.3 Å². The van der Waals surface area contributed by atoms with Gasteiger partial charge in [0.1, 0.15) is 5.82 Å². The lowest BCUT2D eigenvalue weighted by atomic mass is 10.1. The Morgan fingerprint density at radius 2 is 1.83 bits per heavy atom. The molecule has 1 heterocycles. The molecule has 0 saturated carbocycles. The van der Waals surface area contributed by atoms with Gasteiger partial charge in [0, 0.05) is 18.0 Å². The van der Waals surface area contributed by atoms with Gasteiger partial charge >= 0.3 is 5.97 Å². The highest BCUT2D eigenvalue weighted by Gasteiger charge is 2.27. The lowest BCUT2D eigenvalue weighted by Gasteiger charge is -2.30. The molecule has 1 amide bonds. The molecule has 1 atom stereocenters. The number of ether oxygens (including phenoxy) is 1. The van der Waals surface area contributed by atoms with Crippen molar-refractivity contribution in [3.63, 3.8) is 0 Å². The molecule has 7 nitrogen and oxygen atoms in total. The van der Waals surface area contributed by atoms with Crippen LogP contribution in [0.2, 0.25) is 5.02 Å². The number of carbonyl (C=O) groups excluding carboxylic acids is 2. The van der Waals surface area contributed by atoms with Crippen LogP contribution in [0, 0.1) is 6.92 Å². The molecule has 35 heavy (non-hydrogen) atoms. The summed E-state index contributed by atoms with van der Waals surface area (Å²) in [6, 6.07) is 12.1. The highest BCUT2D eigenvalue weighted by molar-refractivity contribution is 6.31. The van der Waals surface area contributed by atoms with Crippen LogP contribution in [0.25, 0.3) is 16.6 Å². The van der Waals surface area contributed by atoms with Crippen molar-refractivity contribution in [2.45, 2.75) is 59.4 Å². The number of halogens is 1. The van der Waals surface area contributed by atoms with E-state index in [4.69, 9.17) is 21.3 Å². The van der Waals surface area contributed by atoms with Gasteiger partial charge in [0.2, 0.25) is 5.91 Å². The van der Waals surface area contributed by atoms with Gasteiger partial charge in [-0.1, -0.05) is 42.6 Å². The summed E-state index contributed by atoms with van der Waals surface area (Å²) in [7, 11) is 0. The van der Waals surface area contributed by atoms with E-state index in [1.165, 1.54) is 0 Å². The molecule has 0 aliphatic heterocycles. The van der Waals surface area contributed by atoms with Crippen LogP contribution in [0.1, 0.15) is 63.9 Å². The average molecular weight is 498 g/mol. The van der Waals surface area contributed by atoms with Gasteiger partial charge in [-0.2, -0.15) is 0 Å². The number of hydrogen-bond acceptors (Lipinski definition) is 5. The monoisotopic (exact) mass is 497 g/mol. The third-order valence-electron chi connectivity index (χ3n) is 5.91. The minimum Gasteiger partial charge on any atom is -0.466 e. The van der Waals surface area contributed by atoms with Crippen LogP contribution in [0.3, 0.4) is 0 Å². The fraction of sp³-hybridized carbons (Fsp3) is 0.407. The number of fused-ring (bicyclic) bond motifs is 1. The molecular weight excluding hydrogens is 466 g/mol. The van der Waals surface area contributed by atoms with Crippen LogP contribution in [0.4, 0.5) is 0 Å². The van der Waals surface area contributed by atoms with Gasteiger partial charge < -0.3 is 9.64 Å². The zero-order chi connectivity index (χ0) is 25.5. The molecule has 0 spiro atoms. The van der Waals surface area contributed by atoms with Crippen molar-refractivity contribution in [1.29, 1.82) is 0 Å². The summed E-state index contributed by atoms with van der Waals surface area (Å²) in [5.41, 5.74) is 1.98. The Labute approximate surface area is 210 Å². The summed E-state index contributed by atoms with van der Waals surface area (Å²) >= 11 is 6.20. The number of unbranched alkanes of at least 4 members (excludes halogenated alkanes) is 1. The van der Waals surface area contributed by atoms with Gasteiger partial charge in [0.25, 0.3) is 5.56 Å². The van der Waals surface area contributed by atoms with Gasteiger partial charge in [0.05, 0.1) is 35.7 Å². The van der Waals surface area contributed by atoms with E-state index in [0.717, 1.165) is 18.4 Å². The number of esters is 1. The maximum Gasteiger partial charge on any atom is 0.306 e. The van der Waals surface area contributed by atoms with Gasteiger partial charge in [-0.25, -0.2) is 4.98 Å². The van der Waals surface area contributed by atoms with Crippen LogP contribution in [0.15, 0.2) is 47.3 Å². The number of nitrogens with zero attached hydrogens (tertiary/aromatic N) is 3. The first kappa shape index (κ1) is 26.4. The number of rotatable bonds is 10. The number of hydrogen-bond donors (Lipinski definition) is 0. The number of aryl methyl sites for hydroxylation is 1. The van der Waals surface area contributed by atoms with Crippen molar-refractivity contribution in [2.24, 2.45) is 0 Å². The molecule has 0 bridgehead atoms. The summed E-state index contributed by atoms with van der Waals surface area (Å²) in [5.74, 6) is -0.150. The molecule has 3 rings (SSSR count). The summed E-state index contributed by atoms with van der Waals surface area (Å²) < 4.78 is 6.55. The first-order valence-corrected chi connectivity index (χ1v) is 12.4. The van der Waals surface area contributed by atoms with E-state index in [-0.39, 0.29) is 30.9 Å². The van der Waals surface area contributed by atoms with Gasteiger partial charge in [-0.3, -0.25) is 19.0 Å². The zero-order valence-corrected chi connectivity index (χ0v) is 21.5. The molecule has 1 unspecified atom stereocenters. The van der Waals surface area contributed by atoms with E-state index in [9.17, 15) is 14.4 Å². The fourth-order valence-electron chi connectivity index (χ4n) is 3.99. The van der Waals surface area contributed by atoms with Crippen LogP contribution in [-0.4, -0.2) is 39.5 Å². The number of amides is 1. The predicted molar refractivity (Wildman–Crippen MR) is 138 cm³/mol. The smallest absolute Gasteiger partial charge is 0.306 e. The zero-order valence-electron chi connectivity index (χ0n) is 20.7. The number of carbonyl (C=O) groups is 2. The molecule has 186 valence electrons. The Balaban J connectivity index is 2.11. The fourth-order valence-corrected chi connectivity index (χ4v) is 4.15. The van der Waals surface area contributed by atoms with Crippen molar-refractivity contribution in [3.8, 4) is 5.69 Å². The second-order valence-corrected chi connectivity index (χ2v) is 8.97. The second-order valence-electron chi connectivity index (χ2n) is 8.53. The topological polar surface area (TPSA) is 81.5 Å². The summed E-state index contributed by atoms with van der Waals surface area (Å²) in [5, 5.41) is 0.920. The van der Waals surface area contributed by atoms with E-state index in [1.54, 1.807) is 34.6 Å². The van der Waals surface area contributed by atoms with E-state index in [0.29, 0.717) is 34.0 Å². The summed E-state index contributed by atoms with van der Waals surface area (Å²) in [4.78, 5) is 45.3. The quantitative estimate of drug-likeness (QED) is 0.351. The predicted octanol–water partition coefficient (Wildman–Crippen LogP) is 5.38. The molecule has 0 fully saturated rings. The van der Waals surface area contributed by atoms with Crippen molar-refractivity contribution >= 4 is 34.4 Å². The minimum absolute atomic E-state index is 0.00748. The molecule has 0 aliphatic rings. The van der Waals surface area contributed by atoms with Gasteiger partial charge in [-0.15, -0.1) is 0 Å². The minimum atomic E-state index is -0.520. The molecule has 3 aromatic rings. The lowest BCUT2D eigenvalue weighted by Crippen LogP contribution is -2.38. The van der Waals surface area contributed by atoms with Crippen LogP contribution in [-0.2, 0) is 14.3 Å². The molecular formula is C27H32ClN3O4. The van der Waals surface area contributed by atoms with Crippen LogP contribution >= 0.6 is 11.6 Å². The Bertz CT molecular complexity index is 1250. The van der Waals surface area contributed by atoms with Crippen molar-refractivity contribution in [1.82, 2.24) is 14.5 Å². The van der Waals surface area contributed by atoms with Crippen molar-refractivity contribution in [2.75, 3.05) is 13.2 Å². The summed E-state index contributed by atoms with van der Waals surface area (Å²) in [6.45, 7) is 8.38. The van der Waals surface area contributed by atoms with E-state index >= 15 is 0 Å². The third-order valence-corrected chi connectivity index (χ3v) is 6.15. The van der Waals surface area contributed by atoms with Crippen LogP contribution in [0.5, 0.6) is 0 Å². The third kappa shape index (κ3) is 6.28. The first-order valence-electron chi connectivity index (χ1n) is 12.0. The maximum absolute atomic E-state index is 13.7. The maximum atomic E-state index is 13.7. The normalized spacial score (nSPS) is 11.9. The number of aromatic nitrogens is 2. The molecule has 0 N–H and O–H groups in total. The Kier molecular flexibility index (Phi) is 9.04. The van der Waals surface area contributed by atoms with E-state index < -0.39 is 12.0 Å². The Hall–Kier alpha value is -3.19. The number of benzene rings is 2. The van der Waals surface area contributed by atoms with Gasteiger partial charge in [0.15, 0.2) is 0 Å². The Morgan fingerprint density at radius 1 is 1.11 bits per heavy atom. The van der Waals surface area contributed by atoms with Crippen molar-refractivity contribution in [3.05, 3.63) is 69.2 Å². The molecule has 0 aliphatic carbocycles. The largest absolute Gasteiger partial charge is 0.466 e. The highest BCUT2D eigenvalue weighted by atomic mass is 35.5. The molecule has 8 heteroatoms. The average Bonchev–Trinajstić information content (AvgIpc) is 2.83. The molecule has 1 aromatic heterocycles. The van der Waals surface area contributed by atoms with E-state index in [1.807, 2.05) is 45.0 Å². The Morgan fingerprint density at radius 3 is 2.49 bits per heavy atom.